The third-order valence-electron chi connectivity index (χ3n) is 3.93. The number of allylic oxidation sites excluding steroid dienone is 1. The van der Waals surface area contributed by atoms with E-state index < -0.39 is 0 Å². The summed E-state index contributed by atoms with van der Waals surface area (Å²) in [6.07, 6.45) is 7.83. The number of likely N-dealkylation sites (N-methyl/N-ethyl adjacent to an activating group) is 1. The molecule has 0 atom stereocenters. The fourth-order valence-electron chi connectivity index (χ4n) is 2.60. The Hall–Kier alpha value is -0.830. The summed E-state index contributed by atoms with van der Waals surface area (Å²) >= 11 is 0. The molecule has 1 aliphatic carbocycles. The summed E-state index contributed by atoms with van der Waals surface area (Å²) in [5.41, 5.74) is 1.02. The molecular weight excluding hydrogens is 212 g/mol. The predicted octanol–water partition coefficient (Wildman–Crippen LogP) is 2.33. The van der Waals surface area contributed by atoms with Crippen LogP contribution in [0.3, 0.4) is 0 Å². The van der Waals surface area contributed by atoms with Crippen molar-refractivity contribution < 1.29 is 4.79 Å². The number of rotatable bonds is 5. The smallest absolute Gasteiger partial charge is 0.246 e. The van der Waals surface area contributed by atoms with Crippen LogP contribution in [-0.4, -0.2) is 37.0 Å². The number of amides is 1. The first-order valence-electron chi connectivity index (χ1n) is 6.64. The van der Waals surface area contributed by atoms with Crippen LogP contribution >= 0.6 is 0 Å². The second-order valence-corrected chi connectivity index (χ2v) is 5.30. The van der Waals surface area contributed by atoms with E-state index in [1.54, 1.807) is 0 Å². The van der Waals surface area contributed by atoms with Gasteiger partial charge in [0.1, 0.15) is 0 Å². The van der Waals surface area contributed by atoms with Crippen molar-refractivity contribution in [1.82, 2.24) is 10.2 Å². The molecular formula is C14H26N2O. The molecule has 0 aromatic rings. The Morgan fingerprint density at radius 1 is 1.35 bits per heavy atom. The van der Waals surface area contributed by atoms with Gasteiger partial charge in [-0.3, -0.25) is 4.79 Å². The Morgan fingerprint density at radius 2 is 1.94 bits per heavy atom. The molecule has 1 N–H and O–H groups in total. The van der Waals surface area contributed by atoms with Crippen LogP contribution in [0.2, 0.25) is 0 Å². The summed E-state index contributed by atoms with van der Waals surface area (Å²) in [5, 5.41) is 3.08. The summed E-state index contributed by atoms with van der Waals surface area (Å²) in [6.45, 7) is 4.71. The van der Waals surface area contributed by atoms with E-state index in [0.717, 1.165) is 18.5 Å². The lowest BCUT2D eigenvalue weighted by atomic mass is 9.96. The van der Waals surface area contributed by atoms with Crippen LogP contribution in [0.1, 0.15) is 46.0 Å². The Morgan fingerprint density at radius 3 is 2.41 bits per heavy atom. The number of carbonyl (C=O) groups excluding carboxylic acids is 1. The van der Waals surface area contributed by atoms with E-state index >= 15 is 0 Å². The molecule has 1 amide bonds. The van der Waals surface area contributed by atoms with Gasteiger partial charge in [0, 0.05) is 17.7 Å². The second kappa shape index (κ2) is 6.20. The highest BCUT2D eigenvalue weighted by molar-refractivity contribution is 5.92. The minimum atomic E-state index is 0.0833. The Kier molecular flexibility index (Phi) is 5.19. The van der Waals surface area contributed by atoms with Gasteiger partial charge in [-0.15, -0.1) is 0 Å². The second-order valence-electron chi connectivity index (χ2n) is 5.30. The van der Waals surface area contributed by atoms with Crippen molar-refractivity contribution in [2.24, 2.45) is 0 Å². The molecule has 1 fully saturated rings. The Balaban J connectivity index is 2.53. The number of nitrogens with one attached hydrogen (secondary N) is 1. The van der Waals surface area contributed by atoms with Gasteiger partial charge in [0.05, 0.1) is 0 Å². The SMILES string of the molecule is CC/C=C(/C)C(=O)NCC1(N(C)C)CCCC1. The Labute approximate surface area is 105 Å². The van der Waals surface area contributed by atoms with E-state index in [2.05, 4.69) is 31.2 Å². The summed E-state index contributed by atoms with van der Waals surface area (Å²) in [5.74, 6) is 0.0833. The van der Waals surface area contributed by atoms with Gasteiger partial charge >= 0.3 is 0 Å². The molecule has 0 aliphatic heterocycles. The quantitative estimate of drug-likeness (QED) is 0.746. The predicted molar refractivity (Wildman–Crippen MR) is 71.9 cm³/mol. The first-order valence-corrected chi connectivity index (χ1v) is 6.64. The summed E-state index contributed by atoms with van der Waals surface area (Å²) in [7, 11) is 4.23. The van der Waals surface area contributed by atoms with Gasteiger partial charge in [-0.05, 0) is 40.3 Å². The summed E-state index contributed by atoms with van der Waals surface area (Å²) in [4.78, 5) is 14.1. The molecule has 0 unspecified atom stereocenters. The fourth-order valence-corrected chi connectivity index (χ4v) is 2.60. The highest BCUT2D eigenvalue weighted by atomic mass is 16.1. The van der Waals surface area contributed by atoms with Crippen LogP contribution in [0.15, 0.2) is 11.6 Å². The highest BCUT2D eigenvalue weighted by Crippen LogP contribution is 2.33. The topological polar surface area (TPSA) is 32.3 Å². The molecule has 0 aromatic carbocycles. The maximum Gasteiger partial charge on any atom is 0.246 e. The third-order valence-corrected chi connectivity index (χ3v) is 3.93. The molecule has 0 bridgehead atoms. The highest BCUT2D eigenvalue weighted by Gasteiger charge is 2.36. The maximum atomic E-state index is 11.9. The molecule has 3 heteroatoms. The first-order chi connectivity index (χ1) is 8.02. The van der Waals surface area contributed by atoms with Gasteiger partial charge in [0.15, 0.2) is 0 Å². The van der Waals surface area contributed by atoms with Crippen LogP contribution in [0.5, 0.6) is 0 Å². The zero-order valence-electron chi connectivity index (χ0n) is 11.7. The maximum absolute atomic E-state index is 11.9. The molecule has 1 aliphatic rings. The molecule has 0 spiro atoms. The van der Waals surface area contributed by atoms with Crippen LogP contribution in [0.4, 0.5) is 0 Å². The molecule has 0 aromatic heterocycles. The third kappa shape index (κ3) is 3.56. The van der Waals surface area contributed by atoms with Crippen molar-refractivity contribution >= 4 is 5.91 Å². The van der Waals surface area contributed by atoms with Crippen molar-refractivity contribution in [3.8, 4) is 0 Å². The average Bonchev–Trinajstić information content (AvgIpc) is 2.76. The monoisotopic (exact) mass is 238 g/mol. The molecule has 0 heterocycles. The van der Waals surface area contributed by atoms with E-state index in [9.17, 15) is 4.79 Å². The van der Waals surface area contributed by atoms with Crippen molar-refractivity contribution in [3.05, 3.63) is 11.6 Å². The molecule has 3 nitrogen and oxygen atoms in total. The zero-order valence-corrected chi connectivity index (χ0v) is 11.7. The lowest BCUT2D eigenvalue weighted by Crippen LogP contribution is -2.50. The Bertz CT molecular complexity index is 289. The minimum absolute atomic E-state index is 0.0833. The van der Waals surface area contributed by atoms with E-state index in [0.29, 0.717) is 0 Å². The van der Waals surface area contributed by atoms with Crippen molar-refractivity contribution in [2.45, 2.75) is 51.5 Å². The van der Waals surface area contributed by atoms with Gasteiger partial charge in [-0.1, -0.05) is 25.8 Å². The number of hydrogen-bond acceptors (Lipinski definition) is 2. The van der Waals surface area contributed by atoms with Crippen LogP contribution < -0.4 is 5.32 Å². The van der Waals surface area contributed by atoms with Crippen molar-refractivity contribution in [1.29, 1.82) is 0 Å². The van der Waals surface area contributed by atoms with Gasteiger partial charge in [0.2, 0.25) is 5.91 Å². The first kappa shape index (κ1) is 14.2. The van der Waals surface area contributed by atoms with Crippen molar-refractivity contribution in [2.75, 3.05) is 20.6 Å². The summed E-state index contributed by atoms with van der Waals surface area (Å²) < 4.78 is 0. The van der Waals surface area contributed by atoms with Gasteiger partial charge in [-0.25, -0.2) is 0 Å². The summed E-state index contributed by atoms with van der Waals surface area (Å²) in [6, 6.07) is 0. The number of carbonyl (C=O) groups is 1. The largest absolute Gasteiger partial charge is 0.350 e. The van der Waals surface area contributed by atoms with Gasteiger partial charge < -0.3 is 10.2 Å². The fraction of sp³-hybridized carbons (Fsp3) is 0.786. The van der Waals surface area contributed by atoms with E-state index in [1.807, 2.05) is 13.0 Å². The molecule has 1 rings (SSSR count). The zero-order chi connectivity index (χ0) is 12.9. The van der Waals surface area contributed by atoms with Crippen LogP contribution in [0.25, 0.3) is 0 Å². The molecule has 0 radical (unpaired) electrons. The van der Waals surface area contributed by atoms with E-state index in [1.165, 1.54) is 25.7 Å². The lowest BCUT2D eigenvalue weighted by Gasteiger charge is -2.36. The lowest BCUT2D eigenvalue weighted by molar-refractivity contribution is -0.118. The minimum Gasteiger partial charge on any atom is -0.350 e. The number of hydrogen-bond donors (Lipinski definition) is 1. The van der Waals surface area contributed by atoms with Gasteiger partial charge in [0.25, 0.3) is 0 Å². The molecule has 1 saturated carbocycles. The molecule has 0 saturated heterocycles. The number of nitrogens with zero attached hydrogens (tertiary/aromatic N) is 1. The average molecular weight is 238 g/mol. The molecule has 17 heavy (non-hydrogen) atoms. The standard InChI is InChI=1S/C14H26N2O/c1-5-8-12(2)13(17)15-11-14(16(3)4)9-6-7-10-14/h8H,5-7,9-11H2,1-4H3,(H,15,17)/b12-8-. The van der Waals surface area contributed by atoms with Crippen LogP contribution in [0, 0.1) is 0 Å². The van der Waals surface area contributed by atoms with Crippen molar-refractivity contribution in [3.63, 3.8) is 0 Å². The van der Waals surface area contributed by atoms with Crippen LogP contribution in [-0.2, 0) is 4.79 Å². The van der Waals surface area contributed by atoms with E-state index in [4.69, 9.17) is 0 Å². The molecule has 98 valence electrons. The van der Waals surface area contributed by atoms with Gasteiger partial charge in [-0.2, -0.15) is 0 Å². The van der Waals surface area contributed by atoms with E-state index in [-0.39, 0.29) is 11.4 Å². The normalized spacial score (nSPS) is 19.7.